The molecule has 1 saturated heterocycles. The predicted molar refractivity (Wildman–Crippen MR) is 73.8 cm³/mol. The van der Waals surface area contributed by atoms with Crippen LogP contribution in [0.3, 0.4) is 0 Å². The molecule has 1 heterocycles. The Morgan fingerprint density at radius 3 is 3.16 bits per heavy atom. The van der Waals surface area contributed by atoms with Gasteiger partial charge in [0, 0.05) is 23.8 Å². The molecule has 19 heavy (non-hydrogen) atoms. The van der Waals surface area contributed by atoms with E-state index in [4.69, 9.17) is 21.1 Å². The molecular formula is C13H17ClN2O3. The molecule has 1 atom stereocenters. The van der Waals surface area contributed by atoms with Crippen molar-refractivity contribution in [2.75, 3.05) is 31.6 Å². The smallest absolute Gasteiger partial charge is 0.411 e. The maximum absolute atomic E-state index is 11.6. The van der Waals surface area contributed by atoms with Gasteiger partial charge in [-0.1, -0.05) is 17.7 Å². The zero-order chi connectivity index (χ0) is 13.7. The highest BCUT2D eigenvalue weighted by Crippen LogP contribution is 2.20. The molecule has 5 nitrogen and oxygen atoms in total. The van der Waals surface area contributed by atoms with E-state index in [1.165, 1.54) is 0 Å². The van der Waals surface area contributed by atoms with E-state index in [1.807, 2.05) is 13.0 Å². The summed E-state index contributed by atoms with van der Waals surface area (Å²) in [5.41, 5.74) is 1.57. The van der Waals surface area contributed by atoms with Crippen LogP contribution in [0.25, 0.3) is 0 Å². The zero-order valence-corrected chi connectivity index (χ0v) is 11.5. The lowest BCUT2D eigenvalue weighted by molar-refractivity contribution is -0.00984. The van der Waals surface area contributed by atoms with Gasteiger partial charge in [-0.15, -0.1) is 0 Å². The molecule has 1 unspecified atom stereocenters. The number of hydrogen-bond donors (Lipinski definition) is 2. The number of halogens is 1. The summed E-state index contributed by atoms with van der Waals surface area (Å²) in [6.45, 7) is 4.31. The van der Waals surface area contributed by atoms with Crippen LogP contribution >= 0.6 is 11.6 Å². The lowest BCUT2D eigenvalue weighted by Crippen LogP contribution is -2.41. The molecule has 0 bridgehead atoms. The van der Waals surface area contributed by atoms with E-state index in [1.54, 1.807) is 12.1 Å². The fraction of sp³-hybridized carbons (Fsp3) is 0.462. The van der Waals surface area contributed by atoms with Crippen molar-refractivity contribution >= 4 is 23.4 Å². The molecule has 1 amide bonds. The first-order chi connectivity index (χ1) is 9.15. The number of carbonyl (C=O) groups excluding carboxylic acids is 1. The van der Waals surface area contributed by atoms with Crippen LogP contribution < -0.4 is 10.6 Å². The van der Waals surface area contributed by atoms with Gasteiger partial charge in [0.15, 0.2) is 0 Å². The third-order valence-electron chi connectivity index (χ3n) is 2.82. The summed E-state index contributed by atoms with van der Waals surface area (Å²) >= 11 is 5.98. The second-order valence-corrected chi connectivity index (χ2v) is 4.79. The predicted octanol–water partition coefficient (Wildman–Crippen LogP) is 2.19. The summed E-state index contributed by atoms with van der Waals surface area (Å²) in [5, 5.41) is 6.40. The van der Waals surface area contributed by atoms with Crippen LogP contribution in [-0.2, 0) is 9.47 Å². The van der Waals surface area contributed by atoms with Crippen molar-refractivity contribution in [2.45, 2.75) is 13.0 Å². The van der Waals surface area contributed by atoms with Gasteiger partial charge in [0.1, 0.15) is 12.7 Å². The van der Waals surface area contributed by atoms with E-state index < -0.39 is 6.09 Å². The minimum Gasteiger partial charge on any atom is -0.446 e. The summed E-state index contributed by atoms with van der Waals surface area (Å²) < 4.78 is 10.5. The Labute approximate surface area is 117 Å². The van der Waals surface area contributed by atoms with Crippen molar-refractivity contribution in [1.29, 1.82) is 0 Å². The number of benzene rings is 1. The number of amides is 1. The fourth-order valence-corrected chi connectivity index (χ4v) is 1.90. The van der Waals surface area contributed by atoms with Crippen LogP contribution in [0.15, 0.2) is 18.2 Å². The van der Waals surface area contributed by atoms with Crippen LogP contribution in [0.2, 0.25) is 5.02 Å². The number of hydrogen-bond acceptors (Lipinski definition) is 4. The topological polar surface area (TPSA) is 59.6 Å². The van der Waals surface area contributed by atoms with Crippen LogP contribution in [0, 0.1) is 6.92 Å². The van der Waals surface area contributed by atoms with Crippen LogP contribution in [-0.4, -0.2) is 38.5 Å². The van der Waals surface area contributed by atoms with E-state index in [2.05, 4.69) is 10.6 Å². The maximum atomic E-state index is 11.6. The first-order valence-electron chi connectivity index (χ1n) is 6.17. The second kappa shape index (κ2) is 6.75. The Bertz CT molecular complexity index is 448. The van der Waals surface area contributed by atoms with Crippen molar-refractivity contribution in [3.8, 4) is 0 Å². The standard InChI is InChI=1S/C13H17ClN2O3/c1-9-2-3-10(6-12(9)14)16-13(17)19-8-11-7-15-4-5-18-11/h2-3,6,11,15H,4-5,7-8H2,1H3,(H,16,17). The Morgan fingerprint density at radius 1 is 1.63 bits per heavy atom. The molecule has 1 aromatic carbocycles. The maximum Gasteiger partial charge on any atom is 0.411 e. The number of nitrogens with one attached hydrogen (secondary N) is 2. The number of rotatable bonds is 3. The van der Waals surface area contributed by atoms with Gasteiger partial charge in [0.2, 0.25) is 0 Å². The van der Waals surface area contributed by atoms with Gasteiger partial charge in [0.05, 0.1) is 6.61 Å². The summed E-state index contributed by atoms with van der Waals surface area (Å²) in [6, 6.07) is 5.31. The Balaban J connectivity index is 1.78. The highest BCUT2D eigenvalue weighted by molar-refractivity contribution is 6.31. The van der Waals surface area contributed by atoms with Gasteiger partial charge >= 0.3 is 6.09 Å². The van der Waals surface area contributed by atoms with Gasteiger partial charge < -0.3 is 14.8 Å². The highest BCUT2D eigenvalue weighted by Gasteiger charge is 2.15. The molecule has 2 N–H and O–H groups in total. The van der Waals surface area contributed by atoms with Crippen molar-refractivity contribution in [3.05, 3.63) is 28.8 Å². The second-order valence-electron chi connectivity index (χ2n) is 4.38. The van der Waals surface area contributed by atoms with E-state index in [-0.39, 0.29) is 12.7 Å². The Hall–Kier alpha value is -1.30. The monoisotopic (exact) mass is 284 g/mol. The van der Waals surface area contributed by atoms with E-state index in [0.29, 0.717) is 23.9 Å². The molecule has 0 aliphatic carbocycles. The number of ether oxygens (including phenoxy) is 2. The quantitative estimate of drug-likeness (QED) is 0.893. The average molecular weight is 285 g/mol. The minimum absolute atomic E-state index is 0.0823. The molecule has 0 aromatic heterocycles. The molecule has 104 valence electrons. The molecule has 6 heteroatoms. The molecule has 0 radical (unpaired) electrons. The SMILES string of the molecule is Cc1ccc(NC(=O)OCC2CNCCO2)cc1Cl. The Kier molecular flexibility index (Phi) is 5.01. The molecule has 0 saturated carbocycles. The van der Waals surface area contributed by atoms with Crippen LogP contribution in [0.1, 0.15) is 5.56 Å². The number of anilines is 1. The minimum atomic E-state index is -0.505. The molecule has 1 fully saturated rings. The fourth-order valence-electron chi connectivity index (χ4n) is 1.72. The largest absolute Gasteiger partial charge is 0.446 e. The molecule has 0 spiro atoms. The molecule has 2 rings (SSSR count). The van der Waals surface area contributed by atoms with Gasteiger partial charge in [-0.05, 0) is 24.6 Å². The first kappa shape index (κ1) is 14.1. The van der Waals surface area contributed by atoms with Crippen LogP contribution in [0.5, 0.6) is 0 Å². The highest BCUT2D eigenvalue weighted by atomic mass is 35.5. The van der Waals surface area contributed by atoms with Crippen molar-refractivity contribution < 1.29 is 14.3 Å². The summed E-state index contributed by atoms with van der Waals surface area (Å²) in [4.78, 5) is 11.6. The van der Waals surface area contributed by atoms with E-state index >= 15 is 0 Å². The number of carbonyl (C=O) groups is 1. The van der Waals surface area contributed by atoms with Crippen molar-refractivity contribution in [3.63, 3.8) is 0 Å². The third kappa shape index (κ3) is 4.38. The van der Waals surface area contributed by atoms with Crippen molar-refractivity contribution in [2.24, 2.45) is 0 Å². The zero-order valence-electron chi connectivity index (χ0n) is 10.7. The molecular weight excluding hydrogens is 268 g/mol. The number of morpholine rings is 1. The van der Waals surface area contributed by atoms with Crippen LogP contribution in [0.4, 0.5) is 10.5 Å². The lowest BCUT2D eigenvalue weighted by atomic mass is 10.2. The van der Waals surface area contributed by atoms with E-state index in [9.17, 15) is 4.79 Å². The first-order valence-corrected chi connectivity index (χ1v) is 6.55. The van der Waals surface area contributed by atoms with Gasteiger partial charge in [-0.3, -0.25) is 5.32 Å². The summed E-state index contributed by atoms with van der Waals surface area (Å²) in [5.74, 6) is 0. The van der Waals surface area contributed by atoms with Gasteiger partial charge in [-0.25, -0.2) is 4.79 Å². The van der Waals surface area contributed by atoms with Crippen molar-refractivity contribution in [1.82, 2.24) is 5.32 Å². The molecule has 1 aromatic rings. The average Bonchev–Trinajstić information content (AvgIpc) is 2.42. The Morgan fingerprint density at radius 2 is 2.47 bits per heavy atom. The molecule has 1 aliphatic heterocycles. The lowest BCUT2D eigenvalue weighted by Gasteiger charge is -2.23. The van der Waals surface area contributed by atoms with Gasteiger partial charge in [0.25, 0.3) is 0 Å². The van der Waals surface area contributed by atoms with E-state index in [0.717, 1.165) is 12.1 Å². The molecule has 1 aliphatic rings. The summed E-state index contributed by atoms with van der Waals surface area (Å²) in [7, 11) is 0. The summed E-state index contributed by atoms with van der Waals surface area (Å²) in [6.07, 6.45) is -0.588. The normalized spacial score (nSPS) is 18.9. The number of aryl methyl sites for hydroxylation is 1. The third-order valence-corrected chi connectivity index (χ3v) is 3.23. The van der Waals surface area contributed by atoms with Gasteiger partial charge in [-0.2, -0.15) is 0 Å².